The molecule has 0 spiro atoms. The molecule has 0 heterocycles. The summed E-state index contributed by atoms with van der Waals surface area (Å²) >= 11 is 3.33. The Morgan fingerprint density at radius 3 is 2.56 bits per heavy atom. The first kappa shape index (κ1) is 12.9. The van der Waals surface area contributed by atoms with Crippen molar-refractivity contribution in [3.63, 3.8) is 0 Å². The monoisotopic (exact) mass is 284 g/mol. The predicted molar refractivity (Wildman–Crippen MR) is 64.2 cm³/mol. The molecule has 0 saturated heterocycles. The van der Waals surface area contributed by atoms with Gasteiger partial charge in [0.1, 0.15) is 6.29 Å². The van der Waals surface area contributed by atoms with Crippen LogP contribution in [-0.4, -0.2) is 19.4 Å². The predicted octanol–water partition coefficient (Wildman–Crippen LogP) is 2.68. The summed E-state index contributed by atoms with van der Waals surface area (Å²) < 4.78 is 5.50. The van der Waals surface area contributed by atoms with Gasteiger partial charge in [-0.1, -0.05) is 28.1 Å². The number of esters is 1. The Morgan fingerprint density at radius 2 is 2.06 bits per heavy atom. The number of carbonyl (C=O) groups excluding carboxylic acids is 2. The van der Waals surface area contributed by atoms with Crippen LogP contribution in [0.15, 0.2) is 28.7 Å². The molecular weight excluding hydrogens is 272 g/mol. The van der Waals surface area contributed by atoms with E-state index in [4.69, 9.17) is 0 Å². The van der Waals surface area contributed by atoms with E-state index in [1.807, 2.05) is 24.3 Å². The summed E-state index contributed by atoms with van der Waals surface area (Å²) in [5.41, 5.74) is 0.919. The average molecular weight is 285 g/mol. The van der Waals surface area contributed by atoms with Crippen molar-refractivity contribution in [1.82, 2.24) is 0 Å². The normalized spacial score (nSPS) is 11.9. The van der Waals surface area contributed by atoms with Crippen molar-refractivity contribution in [2.75, 3.05) is 7.11 Å². The van der Waals surface area contributed by atoms with Gasteiger partial charge in [0.15, 0.2) is 0 Å². The zero-order valence-corrected chi connectivity index (χ0v) is 10.6. The third-order valence-electron chi connectivity index (χ3n) is 2.35. The lowest BCUT2D eigenvalue weighted by atomic mass is 9.96. The highest BCUT2D eigenvalue weighted by molar-refractivity contribution is 9.10. The molecule has 0 aliphatic carbocycles. The topological polar surface area (TPSA) is 43.4 Å². The van der Waals surface area contributed by atoms with E-state index >= 15 is 0 Å². The van der Waals surface area contributed by atoms with Crippen LogP contribution in [0, 0.1) is 0 Å². The fourth-order valence-electron chi connectivity index (χ4n) is 1.40. The Hall–Kier alpha value is -1.16. The van der Waals surface area contributed by atoms with Crippen molar-refractivity contribution in [1.29, 1.82) is 0 Å². The largest absolute Gasteiger partial charge is 0.469 e. The molecule has 1 aromatic rings. The maximum Gasteiger partial charge on any atom is 0.305 e. The first-order valence-corrected chi connectivity index (χ1v) is 5.74. The van der Waals surface area contributed by atoms with Crippen LogP contribution >= 0.6 is 15.9 Å². The number of halogens is 1. The summed E-state index contributed by atoms with van der Waals surface area (Å²) in [5.74, 6) is -0.531. The maximum atomic E-state index is 11.0. The molecule has 86 valence electrons. The van der Waals surface area contributed by atoms with Gasteiger partial charge < -0.3 is 9.53 Å². The van der Waals surface area contributed by atoms with E-state index in [1.165, 1.54) is 7.11 Å². The maximum absolute atomic E-state index is 11.0. The van der Waals surface area contributed by atoms with Crippen LogP contribution in [-0.2, 0) is 14.3 Å². The molecule has 0 amide bonds. The highest BCUT2D eigenvalue weighted by atomic mass is 79.9. The van der Waals surface area contributed by atoms with Crippen molar-refractivity contribution in [3.8, 4) is 0 Å². The number of hydrogen-bond donors (Lipinski definition) is 0. The van der Waals surface area contributed by atoms with Crippen LogP contribution in [0.3, 0.4) is 0 Å². The van der Waals surface area contributed by atoms with Gasteiger partial charge in [-0.3, -0.25) is 4.79 Å². The van der Waals surface area contributed by atoms with E-state index in [-0.39, 0.29) is 18.3 Å². The highest BCUT2D eigenvalue weighted by Gasteiger charge is 2.12. The standard InChI is InChI=1S/C12H13BrO3/c1-16-12(15)7-4-10(8-14)9-2-5-11(13)6-3-9/h2-3,5-6,8,10H,4,7H2,1H3. The minimum atomic E-state index is -0.288. The molecule has 1 aromatic carbocycles. The lowest BCUT2D eigenvalue weighted by Crippen LogP contribution is -2.06. The Kier molecular flexibility index (Phi) is 5.19. The Morgan fingerprint density at radius 1 is 1.44 bits per heavy atom. The summed E-state index contributed by atoms with van der Waals surface area (Å²) in [6.45, 7) is 0. The summed E-state index contributed by atoms with van der Waals surface area (Å²) in [7, 11) is 1.35. The molecule has 0 N–H and O–H groups in total. The number of aldehydes is 1. The molecule has 0 saturated carbocycles. The first-order chi connectivity index (χ1) is 7.67. The van der Waals surface area contributed by atoms with Crippen molar-refractivity contribution >= 4 is 28.2 Å². The summed E-state index contributed by atoms with van der Waals surface area (Å²) in [5, 5.41) is 0. The van der Waals surface area contributed by atoms with Crippen LogP contribution in [0.25, 0.3) is 0 Å². The first-order valence-electron chi connectivity index (χ1n) is 4.95. The highest BCUT2D eigenvalue weighted by Crippen LogP contribution is 2.21. The van der Waals surface area contributed by atoms with Crippen molar-refractivity contribution in [2.45, 2.75) is 18.8 Å². The smallest absolute Gasteiger partial charge is 0.305 e. The molecule has 1 atom stereocenters. The molecule has 0 aliphatic rings. The van der Waals surface area contributed by atoms with E-state index in [0.717, 1.165) is 16.3 Å². The van der Waals surface area contributed by atoms with Gasteiger partial charge in [-0.25, -0.2) is 0 Å². The Labute approximate surface area is 103 Å². The van der Waals surface area contributed by atoms with Gasteiger partial charge in [-0.2, -0.15) is 0 Å². The molecule has 0 bridgehead atoms. The molecular formula is C12H13BrO3. The van der Waals surface area contributed by atoms with E-state index in [1.54, 1.807) is 0 Å². The van der Waals surface area contributed by atoms with Gasteiger partial charge in [0.2, 0.25) is 0 Å². The number of methoxy groups -OCH3 is 1. The number of hydrogen-bond acceptors (Lipinski definition) is 3. The summed E-state index contributed by atoms with van der Waals surface area (Å²) in [6, 6.07) is 7.51. The van der Waals surface area contributed by atoms with E-state index in [9.17, 15) is 9.59 Å². The third kappa shape index (κ3) is 3.77. The summed E-state index contributed by atoms with van der Waals surface area (Å²) in [4.78, 5) is 21.9. The molecule has 3 nitrogen and oxygen atoms in total. The minimum absolute atomic E-state index is 0.243. The van der Waals surface area contributed by atoms with Gasteiger partial charge >= 0.3 is 5.97 Å². The molecule has 0 aliphatic heterocycles. The number of benzene rings is 1. The van der Waals surface area contributed by atoms with E-state index in [2.05, 4.69) is 20.7 Å². The van der Waals surface area contributed by atoms with Crippen LogP contribution in [0.5, 0.6) is 0 Å². The molecule has 0 aromatic heterocycles. The van der Waals surface area contributed by atoms with Gasteiger partial charge in [-0.05, 0) is 24.1 Å². The zero-order valence-electron chi connectivity index (χ0n) is 8.98. The molecule has 4 heteroatoms. The lowest BCUT2D eigenvalue weighted by Gasteiger charge is -2.09. The second kappa shape index (κ2) is 6.43. The number of carbonyl (C=O) groups is 2. The van der Waals surface area contributed by atoms with Crippen LogP contribution in [0.2, 0.25) is 0 Å². The third-order valence-corrected chi connectivity index (χ3v) is 2.88. The lowest BCUT2D eigenvalue weighted by molar-refractivity contribution is -0.140. The fourth-order valence-corrected chi connectivity index (χ4v) is 1.66. The molecule has 1 unspecified atom stereocenters. The second-order valence-electron chi connectivity index (χ2n) is 3.41. The van der Waals surface area contributed by atoms with E-state index < -0.39 is 0 Å². The summed E-state index contributed by atoms with van der Waals surface area (Å²) in [6.07, 6.45) is 1.61. The average Bonchev–Trinajstić information content (AvgIpc) is 2.31. The number of rotatable bonds is 5. The van der Waals surface area contributed by atoms with Gasteiger partial charge in [0, 0.05) is 16.8 Å². The second-order valence-corrected chi connectivity index (χ2v) is 4.32. The Balaban J connectivity index is 2.64. The van der Waals surface area contributed by atoms with Crippen molar-refractivity contribution < 1.29 is 14.3 Å². The molecule has 16 heavy (non-hydrogen) atoms. The van der Waals surface area contributed by atoms with Crippen LogP contribution < -0.4 is 0 Å². The molecule has 0 fully saturated rings. The SMILES string of the molecule is COC(=O)CCC(C=O)c1ccc(Br)cc1. The minimum Gasteiger partial charge on any atom is -0.469 e. The van der Waals surface area contributed by atoms with Crippen LogP contribution in [0.1, 0.15) is 24.3 Å². The van der Waals surface area contributed by atoms with Gasteiger partial charge in [-0.15, -0.1) is 0 Å². The molecule has 0 radical (unpaired) electrons. The van der Waals surface area contributed by atoms with Gasteiger partial charge in [0.25, 0.3) is 0 Å². The van der Waals surface area contributed by atoms with Gasteiger partial charge in [0.05, 0.1) is 7.11 Å². The fraction of sp³-hybridized carbons (Fsp3) is 0.333. The number of ether oxygens (including phenoxy) is 1. The van der Waals surface area contributed by atoms with Crippen molar-refractivity contribution in [2.24, 2.45) is 0 Å². The molecule has 1 rings (SSSR count). The van der Waals surface area contributed by atoms with Crippen molar-refractivity contribution in [3.05, 3.63) is 34.3 Å². The zero-order chi connectivity index (χ0) is 12.0. The quantitative estimate of drug-likeness (QED) is 0.617. The van der Waals surface area contributed by atoms with E-state index in [0.29, 0.717) is 6.42 Å². The van der Waals surface area contributed by atoms with Crippen LogP contribution in [0.4, 0.5) is 0 Å². The Bertz CT molecular complexity index is 359.